The Bertz CT molecular complexity index is 267. The van der Waals surface area contributed by atoms with Crippen LogP contribution in [-0.2, 0) is 0 Å². The van der Waals surface area contributed by atoms with E-state index in [1.165, 1.54) is 17.9 Å². The lowest BCUT2D eigenvalue weighted by atomic mass is 10.1. The van der Waals surface area contributed by atoms with Crippen LogP contribution in [-0.4, -0.2) is 18.1 Å². The Kier molecular flexibility index (Phi) is 4.15. The molecule has 2 heterocycles. The fraction of sp³-hybridized carbons (Fsp3) is 0.667. The van der Waals surface area contributed by atoms with Crippen molar-refractivity contribution in [2.75, 3.05) is 18.1 Å². The van der Waals surface area contributed by atoms with E-state index in [9.17, 15) is 0 Å². The second kappa shape index (κ2) is 5.61. The number of furan rings is 1. The number of thioether (sulfide) groups is 1. The monoisotopic (exact) mass is 225 g/mol. The van der Waals surface area contributed by atoms with Crippen LogP contribution in [0.15, 0.2) is 22.8 Å². The van der Waals surface area contributed by atoms with Crippen LogP contribution < -0.4 is 5.32 Å². The topological polar surface area (TPSA) is 25.2 Å². The van der Waals surface area contributed by atoms with Gasteiger partial charge in [-0.25, -0.2) is 0 Å². The molecule has 1 aromatic heterocycles. The van der Waals surface area contributed by atoms with Crippen molar-refractivity contribution < 1.29 is 4.42 Å². The van der Waals surface area contributed by atoms with Gasteiger partial charge in [-0.15, -0.1) is 0 Å². The molecule has 2 nitrogen and oxygen atoms in total. The lowest BCUT2D eigenvalue weighted by Crippen LogP contribution is -2.26. The molecular weight excluding hydrogens is 206 g/mol. The van der Waals surface area contributed by atoms with Crippen LogP contribution >= 0.6 is 11.8 Å². The van der Waals surface area contributed by atoms with Crippen molar-refractivity contribution in [2.45, 2.75) is 25.8 Å². The van der Waals surface area contributed by atoms with Crippen molar-refractivity contribution in [2.24, 2.45) is 5.92 Å². The molecule has 3 heteroatoms. The number of rotatable bonds is 5. The summed E-state index contributed by atoms with van der Waals surface area (Å²) in [5, 5.41) is 3.61. The van der Waals surface area contributed by atoms with Gasteiger partial charge in [-0.05, 0) is 48.9 Å². The molecular formula is C12H19NOS. The van der Waals surface area contributed by atoms with Gasteiger partial charge in [-0.1, -0.05) is 6.92 Å². The van der Waals surface area contributed by atoms with E-state index in [1.807, 2.05) is 6.07 Å². The second-order valence-corrected chi connectivity index (χ2v) is 5.26. The molecule has 1 N–H and O–H groups in total. The zero-order chi connectivity index (χ0) is 10.5. The average Bonchev–Trinajstić information content (AvgIpc) is 2.90. The van der Waals surface area contributed by atoms with Gasteiger partial charge < -0.3 is 9.73 Å². The Morgan fingerprint density at radius 3 is 3.20 bits per heavy atom. The standard InChI is InChI=1S/C12H19NOS/c1-2-11(12-4-3-6-14-12)13-8-10-5-7-15-9-10/h3-4,6,10-11,13H,2,5,7-9H2,1H3. The first kappa shape index (κ1) is 11.1. The van der Waals surface area contributed by atoms with Crippen molar-refractivity contribution in [3.8, 4) is 0 Å². The third-order valence-electron chi connectivity index (χ3n) is 2.97. The Morgan fingerprint density at radius 1 is 1.67 bits per heavy atom. The minimum atomic E-state index is 0.394. The lowest BCUT2D eigenvalue weighted by molar-refractivity contribution is 0.382. The van der Waals surface area contributed by atoms with E-state index < -0.39 is 0 Å². The van der Waals surface area contributed by atoms with Gasteiger partial charge in [-0.2, -0.15) is 11.8 Å². The molecule has 1 aliphatic heterocycles. The predicted molar refractivity (Wildman–Crippen MR) is 65.2 cm³/mol. The molecule has 0 bridgehead atoms. The van der Waals surface area contributed by atoms with Gasteiger partial charge in [0, 0.05) is 0 Å². The Morgan fingerprint density at radius 2 is 2.60 bits per heavy atom. The predicted octanol–water partition coefficient (Wildman–Crippen LogP) is 3.07. The van der Waals surface area contributed by atoms with Gasteiger partial charge in [0.05, 0.1) is 12.3 Å². The SMILES string of the molecule is CCC(NCC1CCSC1)c1ccco1. The van der Waals surface area contributed by atoms with Crippen molar-refractivity contribution in [1.29, 1.82) is 0 Å². The fourth-order valence-electron chi connectivity index (χ4n) is 1.99. The van der Waals surface area contributed by atoms with Gasteiger partial charge in [-0.3, -0.25) is 0 Å². The van der Waals surface area contributed by atoms with Crippen LogP contribution in [0.5, 0.6) is 0 Å². The summed E-state index contributed by atoms with van der Waals surface area (Å²) in [6, 6.07) is 4.42. The molecule has 84 valence electrons. The first-order valence-electron chi connectivity index (χ1n) is 5.74. The van der Waals surface area contributed by atoms with Crippen LogP contribution in [0.25, 0.3) is 0 Å². The molecule has 2 atom stereocenters. The first-order chi connectivity index (χ1) is 7.40. The summed E-state index contributed by atoms with van der Waals surface area (Å²) < 4.78 is 5.43. The van der Waals surface area contributed by atoms with Gasteiger partial charge >= 0.3 is 0 Å². The molecule has 2 rings (SSSR count). The van der Waals surface area contributed by atoms with E-state index in [-0.39, 0.29) is 0 Å². The minimum Gasteiger partial charge on any atom is -0.468 e. The lowest BCUT2D eigenvalue weighted by Gasteiger charge is -2.17. The molecule has 0 aromatic carbocycles. The highest BCUT2D eigenvalue weighted by atomic mass is 32.2. The van der Waals surface area contributed by atoms with E-state index in [0.29, 0.717) is 6.04 Å². The molecule has 1 aromatic rings. The number of hydrogen-bond acceptors (Lipinski definition) is 3. The normalized spacial score (nSPS) is 23.1. The number of hydrogen-bond donors (Lipinski definition) is 1. The maximum Gasteiger partial charge on any atom is 0.120 e. The van der Waals surface area contributed by atoms with Gasteiger partial charge in [0.15, 0.2) is 0 Å². The van der Waals surface area contributed by atoms with Crippen LogP contribution in [0.2, 0.25) is 0 Å². The average molecular weight is 225 g/mol. The Labute approximate surface area is 95.8 Å². The summed E-state index contributed by atoms with van der Waals surface area (Å²) in [4.78, 5) is 0. The molecule has 0 aliphatic carbocycles. The van der Waals surface area contributed by atoms with Gasteiger partial charge in [0.2, 0.25) is 0 Å². The highest BCUT2D eigenvalue weighted by Gasteiger charge is 2.18. The summed E-state index contributed by atoms with van der Waals surface area (Å²) in [7, 11) is 0. The summed E-state index contributed by atoms with van der Waals surface area (Å²) >= 11 is 2.08. The van der Waals surface area contributed by atoms with E-state index in [0.717, 1.165) is 24.6 Å². The van der Waals surface area contributed by atoms with Gasteiger partial charge in [0.1, 0.15) is 5.76 Å². The Hall–Kier alpha value is -0.410. The molecule has 0 saturated carbocycles. The largest absolute Gasteiger partial charge is 0.468 e. The quantitative estimate of drug-likeness (QED) is 0.833. The highest BCUT2D eigenvalue weighted by molar-refractivity contribution is 7.99. The molecule has 0 spiro atoms. The molecule has 1 fully saturated rings. The molecule has 0 amide bonds. The van der Waals surface area contributed by atoms with Crippen molar-refractivity contribution in [3.05, 3.63) is 24.2 Å². The van der Waals surface area contributed by atoms with Crippen molar-refractivity contribution in [1.82, 2.24) is 5.32 Å². The second-order valence-electron chi connectivity index (χ2n) is 4.11. The summed E-state index contributed by atoms with van der Waals surface area (Å²) in [5.41, 5.74) is 0. The van der Waals surface area contributed by atoms with E-state index in [2.05, 4.69) is 30.1 Å². The van der Waals surface area contributed by atoms with Crippen LogP contribution in [0.3, 0.4) is 0 Å². The number of nitrogens with one attached hydrogen (secondary N) is 1. The molecule has 2 unspecified atom stereocenters. The Balaban J connectivity index is 1.80. The maximum atomic E-state index is 5.43. The van der Waals surface area contributed by atoms with E-state index in [1.54, 1.807) is 6.26 Å². The molecule has 1 aliphatic rings. The van der Waals surface area contributed by atoms with E-state index in [4.69, 9.17) is 4.42 Å². The summed E-state index contributed by atoms with van der Waals surface area (Å²) in [6.45, 7) is 3.33. The van der Waals surface area contributed by atoms with E-state index >= 15 is 0 Å². The summed E-state index contributed by atoms with van der Waals surface area (Å²) in [6.07, 6.45) is 4.21. The van der Waals surface area contributed by atoms with Crippen LogP contribution in [0.4, 0.5) is 0 Å². The third kappa shape index (κ3) is 3.02. The highest BCUT2D eigenvalue weighted by Crippen LogP contribution is 2.24. The first-order valence-corrected chi connectivity index (χ1v) is 6.90. The molecule has 0 radical (unpaired) electrons. The maximum absolute atomic E-state index is 5.43. The van der Waals surface area contributed by atoms with Crippen LogP contribution in [0, 0.1) is 5.92 Å². The molecule has 1 saturated heterocycles. The van der Waals surface area contributed by atoms with Gasteiger partial charge in [0.25, 0.3) is 0 Å². The van der Waals surface area contributed by atoms with Crippen LogP contribution in [0.1, 0.15) is 31.6 Å². The third-order valence-corrected chi connectivity index (χ3v) is 4.20. The van der Waals surface area contributed by atoms with Crippen molar-refractivity contribution in [3.63, 3.8) is 0 Å². The summed E-state index contributed by atoms with van der Waals surface area (Å²) in [5.74, 6) is 4.59. The zero-order valence-electron chi connectivity index (χ0n) is 9.24. The molecule has 15 heavy (non-hydrogen) atoms. The zero-order valence-corrected chi connectivity index (χ0v) is 10.1. The smallest absolute Gasteiger partial charge is 0.120 e. The van der Waals surface area contributed by atoms with Crippen molar-refractivity contribution >= 4 is 11.8 Å². The fourth-order valence-corrected chi connectivity index (χ4v) is 3.27. The minimum absolute atomic E-state index is 0.394.